The topological polar surface area (TPSA) is 50.9 Å². The zero-order chi connectivity index (χ0) is 11.0. The monoisotopic (exact) mass is 219 g/mol. The van der Waals surface area contributed by atoms with Crippen LogP contribution in [-0.2, 0) is 20.9 Å². The van der Waals surface area contributed by atoms with Gasteiger partial charge in [0, 0.05) is 0 Å². The molecule has 2 heterocycles. The van der Waals surface area contributed by atoms with Crippen molar-refractivity contribution in [3.8, 4) is 0 Å². The molecule has 2 saturated heterocycles. The Morgan fingerprint density at radius 2 is 2.12 bits per heavy atom. The van der Waals surface area contributed by atoms with Gasteiger partial charge in [0.05, 0.1) is 19.3 Å². The van der Waals surface area contributed by atoms with Crippen LogP contribution in [0.2, 0.25) is 0 Å². The number of carbonyl (C=O) groups excluding carboxylic acids is 1. The van der Waals surface area contributed by atoms with E-state index in [9.17, 15) is 4.79 Å². The van der Waals surface area contributed by atoms with Crippen LogP contribution in [0.25, 0.3) is 0 Å². The van der Waals surface area contributed by atoms with Gasteiger partial charge in [-0.3, -0.25) is 4.79 Å². The molecule has 2 fully saturated rings. The zero-order valence-electron chi connectivity index (χ0n) is 8.76. The number of nitrogens with one attached hydrogen (secondary N) is 1. The average Bonchev–Trinajstić information content (AvgIpc) is 3.11. The lowest BCUT2D eigenvalue weighted by Gasteiger charge is -2.35. The Morgan fingerprint density at radius 3 is 2.75 bits per heavy atom. The lowest BCUT2D eigenvalue weighted by molar-refractivity contribution is -0.150. The second-order valence-corrected chi connectivity index (χ2v) is 4.12. The van der Waals surface area contributed by atoms with E-state index >= 15 is 0 Å². The van der Waals surface area contributed by atoms with E-state index in [4.69, 9.17) is 9.47 Å². The number of ether oxygens (including phenoxy) is 2. The van der Waals surface area contributed by atoms with Crippen LogP contribution in [0.5, 0.6) is 0 Å². The highest BCUT2D eigenvalue weighted by Gasteiger charge is 2.50. The van der Waals surface area contributed by atoms with E-state index in [0.29, 0.717) is 6.61 Å². The molecule has 16 heavy (non-hydrogen) atoms. The summed E-state index contributed by atoms with van der Waals surface area (Å²) in [5.74, 6) is -0.0311. The predicted molar refractivity (Wildman–Crippen MR) is 56.7 cm³/mol. The SMILES string of the molecule is O=C1N[C@@H](C2CO2)[C@H]1OCc1ccccc1. The molecule has 0 aromatic heterocycles. The van der Waals surface area contributed by atoms with E-state index in [2.05, 4.69) is 5.32 Å². The number of epoxide rings is 1. The summed E-state index contributed by atoms with van der Waals surface area (Å²) < 4.78 is 10.7. The molecule has 4 nitrogen and oxygen atoms in total. The minimum Gasteiger partial charge on any atom is -0.371 e. The van der Waals surface area contributed by atoms with Crippen LogP contribution in [0.15, 0.2) is 30.3 Å². The minimum atomic E-state index is -0.340. The maximum atomic E-state index is 11.3. The molecule has 1 unspecified atom stereocenters. The van der Waals surface area contributed by atoms with Crippen LogP contribution in [0.3, 0.4) is 0 Å². The third-order valence-electron chi connectivity index (χ3n) is 2.93. The normalized spacial score (nSPS) is 31.8. The summed E-state index contributed by atoms with van der Waals surface area (Å²) in [6.45, 7) is 1.21. The molecule has 0 aliphatic carbocycles. The average molecular weight is 219 g/mol. The van der Waals surface area contributed by atoms with Gasteiger partial charge in [0.1, 0.15) is 6.10 Å². The lowest BCUT2D eigenvalue weighted by atomic mass is 9.99. The van der Waals surface area contributed by atoms with Gasteiger partial charge >= 0.3 is 0 Å². The van der Waals surface area contributed by atoms with E-state index in [1.54, 1.807) is 0 Å². The molecule has 2 aliphatic rings. The van der Waals surface area contributed by atoms with E-state index < -0.39 is 0 Å². The molecule has 2 aliphatic heterocycles. The summed E-state index contributed by atoms with van der Waals surface area (Å²) in [5, 5.41) is 2.80. The molecule has 1 N–H and O–H groups in total. The molecule has 0 radical (unpaired) electrons. The molecule has 84 valence electrons. The Balaban J connectivity index is 1.56. The van der Waals surface area contributed by atoms with Crippen molar-refractivity contribution in [3.05, 3.63) is 35.9 Å². The van der Waals surface area contributed by atoms with Crippen LogP contribution >= 0.6 is 0 Å². The van der Waals surface area contributed by atoms with E-state index in [1.165, 1.54) is 0 Å². The number of hydrogen-bond acceptors (Lipinski definition) is 3. The molecule has 0 bridgehead atoms. The van der Waals surface area contributed by atoms with E-state index in [1.807, 2.05) is 30.3 Å². The van der Waals surface area contributed by atoms with Gasteiger partial charge < -0.3 is 14.8 Å². The third-order valence-corrected chi connectivity index (χ3v) is 2.93. The summed E-state index contributed by atoms with van der Waals surface area (Å²) in [4.78, 5) is 11.3. The Labute approximate surface area is 93.5 Å². The van der Waals surface area contributed by atoms with Crippen molar-refractivity contribution < 1.29 is 14.3 Å². The Bertz CT molecular complexity index is 389. The second-order valence-electron chi connectivity index (χ2n) is 4.12. The fourth-order valence-electron chi connectivity index (χ4n) is 1.88. The van der Waals surface area contributed by atoms with Crippen LogP contribution in [0.4, 0.5) is 0 Å². The first-order valence-corrected chi connectivity index (χ1v) is 5.42. The quantitative estimate of drug-likeness (QED) is 0.591. The molecular weight excluding hydrogens is 206 g/mol. The number of rotatable bonds is 4. The van der Waals surface area contributed by atoms with Crippen molar-refractivity contribution in [2.45, 2.75) is 24.9 Å². The highest BCUT2D eigenvalue weighted by molar-refractivity contribution is 5.88. The fraction of sp³-hybridized carbons (Fsp3) is 0.417. The number of carbonyl (C=O) groups is 1. The third kappa shape index (κ3) is 1.81. The van der Waals surface area contributed by atoms with Crippen molar-refractivity contribution in [2.75, 3.05) is 6.61 Å². The number of hydrogen-bond donors (Lipinski definition) is 1. The first-order chi connectivity index (χ1) is 7.84. The Morgan fingerprint density at radius 1 is 1.38 bits per heavy atom. The Hall–Kier alpha value is -1.39. The smallest absolute Gasteiger partial charge is 0.251 e. The number of β-lactam (4-membered cyclic amide) rings is 1. The zero-order valence-corrected chi connectivity index (χ0v) is 8.76. The summed E-state index contributed by atoms with van der Waals surface area (Å²) in [6.07, 6.45) is -0.175. The highest BCUT2D eigenvalue weighted by Crippen LogP contribution is 2.25. The summed E-state index contributed by atoms with van der Waals surface area (Å²) in [7, 11) is 0. The summed E-state index contributed by atoms with van der Waals surface area (Å²) >= 11 is 0. The van der Waals surface area contributed by atoms with Crippen LogP contribution in [-0.4, -0.2) is 30.8 Å². The molecule has 3 rings (SSSR count). The Kier molecular flexibility index (Phi) is 2.38. The van der Waals surface area contributed by atoms with Gasteiger partial charge in [0.2, 0.25) is 0 Å². The minimum absolute atomic E-state index is 0.0311. The molecule has 1 aromatic rings. The van der Waals surface area contributed by atoms with Crippen molar-refractivity contribution in [1.82, 2.24) is 5.32 Å². The summed E-state index contributed by atoms with van der Waals surface area (Å²) in [5.41, 5.74) is 1.08. The van der Waals surface area contributed by atoms with Crippen molar-refractivity contribution in [3.63, 3.8) is 0 Å². The largest absolute Gasteiger partial charge is 0.371 e. The molecular formula is C12H13NO3. The van der Waals surface area contributed by atoms with Gasteiger partial charge in [-0.1, -0.05) is 30.3 Å². The van der Waals surface area contributed by atoms with Crippen LogP contribution < -0.4 is 5.32 Å². The van der Waals surface area contributed by atoms with Crippen molar-refractivity contribution in [2.24, 2.45) is 0 Å². The standard InChI is InChI=1S/C12H13NO3/c14-12-11(10(13-12)9-7-15-9)16-6-8-4-2-1-3-5-8/h1-5,9-11H,6-7H2,(H,13,14)/t9?,10-,11+/m0/s1. The first-order valence-electron chi connectivity index (χ1n) is 5.42. The predicted octanol–water partition coefficient (Wildman–Crippen LogP) is 0.469. The lowest BCUT2D eigenvalue weighted by Crippen LogP contribution is -2.65. The molecule has 0 spiro atoms. The van der Waals surface area contributed by atoms with E-state index in [-0.39, 0.29) is 24.2 Å². The maximum Gasteiger partial charge on any atom is 0.251 e. The van der Waals surface area contributed by atoms with Gasteiger partial charge in [-0.25, -0.2) is 0 Å². The van der Waals surface area contributed by atoms with Gasteiger partial charge in [-0.2, -0.15) is 0 Å². The maximum absolute atomic E-state index is 11.3. The van der Waals surface area contributed by atoms with Crippen LogP contribution in [0, 0.1) is 0 Å². The number of amides is 1. The number of benzene rings is 1. The van der Waals surface area contributed by atoms with Gasteiger partial charge in [-0.05, 0) is 5.56 Å². The van der Waals surface area contributed by atoms with Gasteiger partial charge in [-0.15, -0.1) is 0 Å². The molecule has 4 heteroatoms. The first kappa shape index (κ1) is 9.81. The highest BCUT2D eigenvalue weighted by atomic mass is 16.6. The van der Waals surface area contributed by atoms with Crippen molar-refractivity contribution >= 4 is 5.91 Å². The van der Waals surface area contributed by atoms with Crippen LogP contribution in [0.1, 0.15) is 5.56 Å². The molecule has 1 amide bonds. The van der Waals surface area contributed by atoms with Gasteiger partial charge in [0.25, 0.3) is 5.91 Å². The van der Waals surface area contributed by atoms with Crippen molar-refractivity contribution in [1.29, 1.82) is 0 Å². The second kappa shape index (κ2) is 3.88. The van der Waals surface area contributed by atoms with Gasteiger partial charge in [0.15, 0.2) is 6.10 Å². The summed E-state index contributed by atoms with van der Waals surface area (Å²) in [6, 6.07) is 9.90. The fourth-order valence-corrected chi connectivity index (χ4v) is 1.88. The van der Waals surface area contributed by atoms with E-state index in [0.717, 1.165) is 12.2 Å². The molecule has 0 saturated carbocycles. The molecule has 1 aromatic carbocycles. The molecule has 3 atom stereocenters.